The number of alkyl halides is 3. The van der Waals surface area contributed by atoms with Crippen LogP contribution in [0.1, 0.15) is 21.6 Å². The number of aryl methyl sites for hydroxylation is 1. The topological polar surface area (TPSA) is 54.9 Å². The molecule has 1 amide bonds. The molecule has 0 spiro atoms. The Morgan fingerprint density at radius 1 is 1.29 bits per heavy atom. The smallest absolute Gasteiger partial charge is 0.305 e. The normalized spacial score (nSPS) is 11.3. The predicted molar refractivity (Wildman–Crippen MR) is 73.9 cm³/mol. The molecule has 2 rings (SSSR count). The van der Waals surface area contributed by atoms with Crippen molar-refractivity contribution in [2.24, 2.45) is 0 Å². The highest BCUT2D eigenvalue weighted by Gasteiger charge is 2.31. The fraction of sp³-hybridized carbons (Fsp3) is 0.154. The van der Waals surface area contributed by atoms with Crippen molar-refractivity contribution in [3.63, 3.8) is 0 Å². The van der Waals surface area contributed by atoms with Gasteiger partial charge in [-0.15, -0.1) is 0 Å². The monoisotopic (exact) mass is 359 g/mol. The largest absolute Gasteiger partial charge is 0.416 e. The maximum Gasteiger partial charge on any atom is 0.416 e. The summed E-state index contributed by atoms with van der Waals surface area (Å²) in [6, 6.07) is 4.76. The van der Waals surface area contributed by atoms with Crippen molar-refractivity contribution >= 4 is 27.7 Å². The zero-order chi connectivity index (χ0) is 15.6. The van der Waals surface area contributed by atoms with Gasteiger partial charge in [0.25, 0.3) is 5.91 Å². The molecule has 110 valence electrons. The third kappa shape index (κ3) is 3.78. The van der Waals surface area contributed by atoms with Gasteiger partial charge in [-0.05, 0) is 46.6 Å². The predicted octanol–water partition coefficient (Wildman–Crippen LogP) is 3.82. The van der Waals surface area contributed by atoms with E-state index in [2.05, 4.69) is 31.2 Å². The lowest BCUT2D eigenvalue weighted by molar-refractivity contribution is -0.137. The van der Waals surface area contributed by atoms with Crippen molar-refractivity contribution in [1.29, 1.82) is 0 Å². The van der Waals surface area contributed by atoms with Crippen LogP contribution in [0.4, 0.5) is 19.0 Å². The van der Waals surface area contributed by atoms with Crippen LogP contribution in [-0.2, 0) is 6.18 Å². The van der Waals surface area contributed by atoms with Gasteiger partial charge >= 0.3 is 6.18 Å². The molecule has 0 aliphatic rings. The first-order valence-corrected chi connectivity index (χ1v) is 6.54. The summed E-state index contributed by atoms with van der Waals surface area (Å²) in [6.07, 6.45) is -3.58. The lowest BCUT2D eigenvalue weighted by Crippen LogP contribution is -2.16. The molecule has 0 atom stereocenters. The maximum atomic E-state index is 12.6. The van der Waals surface area contributed by atoms with Crippen molar-refractivity contribution in [1.82, 2.24) is 9.97 Å². The molecule has 2 aromatic heterocycles. The van der Waals surface area contributed by atoms with Crippen LogP contribution >= 0.6 is 15.9 Å². The first-order chi connectivity index (χ1) is 9.77. The number of halogens is 4. The Balaban J connectivity index is 2.22. The van der Waals surface area contributed by atoms with Gasteiger partial charge in [-0.25, -0.2) is 4.98 Å². The lowest BCUT2D eigenvalue weighted by Gasteiger charge is -2.08. The van der Waals surface area contributed by atoms with Gasteiger partial charge in [0.15, 0.2) is 0 Å². The first-order valence-electron chi connectivity index (χ1n) is 5.75. The molecule has 8 heteroatoms. The first kappa shape index (κ1) is 15.4. The molecule has 0 aromatic carbocycles. The molecule has 0 saturated carbocycles. The van der Waals surface area contributed by atoms with Crippen LogP contribution < -0.4 is 5.32 Å². The fourth-order valence-electron chi connectivity index (χ4n) is 1.48. The summed E-state index contributed by atoms with van der Waals surface area (Å²) in [7, 11) is 0. The van der Waals surface area contributed by atoms with Gasteiger partial charge in [-0.1, -0.05) is 6.07 Å². The Labute approximate surface area is 126 Å². The van der Waals surface area contributed by atoms with Crippen molar-refractivity contribution in [2.75, 3.05) is 5.32 Å². The van der Waals surface area contributed by atoms with E-state index >= 15 is 0 Å². The third-order valence-corrected chi connectivity index (χ3v) is 3.40. The molecule has 0 unspecified atom stereocenters. The van der Waals surface area contributed by atoms with E-state index in [-0.39, 0.29) is 11.5 Å². The van der Waals surface area contributed by atoms with Gasteiger partial charge < -0.3 is 5.32 Å². The van der Waals surface area contributed by atoms with E-state index in [1.165, 1.54) is 0 Å². The second kappa shape index (κ2) is 5.80. The number of rotatable bonds is 2. The van der Waals surface area contributed by atoms with E-state index in [1.807, 2.05) is 6.92 Å². The van der Waals surface area contributed by atoms with Gasteiger partial charge in [0, 0.05) is 6.20 Å². The molecule has 0 saturated heterocycles. The maximum absolute atomic E-state index is 12.6. The number of anilines is 1. The zero-order valence-electron chi connectivity index (χ0n) is 10.7. The standard InChI is InChI=1S/C13H9BrF3N3O/c1-7-2-3-10(19-11(7)14)20-12(21)9-6-8(4-5-18-9)13(15,16)17/h2-6H,1H3,(H,19,20,21). The second-order valence-electron chi connectivity index (χ2n) is 4.19. The highest BCUT2D eigenvalue weighted by atomic mass is 79.9. The zero-order valence-corrected chi connectivity index (χ0v) is 12.3. The van der Waals surface area contributed by atoms with E-state index in [9.17, 15) is 18.0 Å². The Hall–Kier alpha value is -1.96. The molecule has 0 aliphatic carbocycles. The number of hydrogen-bond acceptors (Lipinski definition) is 3. The van der Waals surface area contributed by atoms with Gasteiger partial charge in [-0.2, -0.15) is 13.2 Å². The SMILES string of the molecule is Cc1ccc(NC(=O)c2cc(C(F)(F)F)ccn2)nc1Br. The summed E-state index contributed by atoms with van der Waals surface area (Å²) in [4.78, 5) is 19.6. The molecule has 21 heavy (non-hydrogen) atoms. The van der Waals surface area contributed by atoms with Crippen LogP contribution in [0.5, 0.6) is 0 Å². The number of nitrogens with one attached hydrogen (secondary N) is 1. The third-order valence-electron chi connectivity index (χ3n) is 2.60. The molecular formula is C13H9BrF3N3O. The fourth-order valence-corrected chi connectivity index (χ4v) is 1.81. The summed E-state index contributed by atoms with van der Waals surface area (Å²) in [5, 5.41) is 2.40. The number of aromatic nitrogens is 2. The summed E-state index contributed by atoms with van der Waals surface area (Å²) in [6.45, 7) is 1.82. The van der Waals surface area contributed by atoms with Gasteiger partial charge in [0.1, 0.15) is 16.1 Å². The highest BCUT2D eigenvalue weighted by molar-refractivity contribution is 9.10. The van der Waals surface area contributed by atoms with Crippen LogP contribution in [0, 0.1) is 6.92 Å². The molecule has 4 nitrogen and oxygen atoms in total. The minimum absolute atomic E-state index is 0.219. The Morgan fingerprint density at radius 3 is 2.62 bits per heavy atom. The number of carbonyl (C=O) groups excluding carboxylic acids is 1. The molecule has 0 radical (unpaired) electrons. The molecule has 0 fully saturated rings. The molecule has 2 heterocycles. The molecule has 0 aliphatic heterocycles. The average molecular weight is 360 g/mol. The number of pyridine rings is 2. The summed E-state index contributed by atoms with van der Waals surface area (Å²) >= 11 is 3.20. The lowest BCUT2D eigenvalue weighted by atomic mass is 10.2. The summed E-state index contributed by atoms with van der Waals surface area (Å²) < 4.78 is 38.3. The van der Waals surface area contributed by atoms with Crippen molar-refractivity contribution in [3.8, 4) is 0 Å². The van der Waals surface area contributed by atoms with E-state index in [1.54, 1.807) is 12.1 Å². The number of amides is 1. The molecule has 2 aromatic rings. The van der Waals surface area contributed by atoms with Crippen LogP contribution in [0.3, 0.4) is 0 Å². The van der Waals surface area contributed by atoms with E-state index in [0.717, 1.165) is 17.8 Å². The summed E-state index contributed by atoms with van der Waals surface area (Å²) in [5.41, 5.74) is -0.394. The molecule has 1 N–H and O–H groups in total. The van der Waals surface area contributed by atoms with Crippen LogP contribution in [0.15, 0.2) is 35.1 Å². The second-order valence-corrected chi connectivity index (χ2v) is 4.94. The van der Waals surface area contributed by atoms with Gasteiger partial charge in [0.05, 0.1) is 5.56 Å². The van der Waals surface area contributed by atoms with E-state index in [0.29, 0.717) is 10.7 Å². The van der Waals surface area contributed by atoms with Crippen LogP contribution in [-0.4, -0.2) is 15.9 Å². The van der Waals surface area contributed by atoms with Crippen molar-refractivity contribution in [3.05, 3.63) is 51.9 Å². The van der Waals surface area contributed by atoms with Crippen LogP contribution in [0.2, 0.25) is 0 Å². The van der Waals surface area contributed by atoms with Gasteiger partial charge in [-0.3, -0.25) is 9.78 Å². The quantitative estimate of drug-likeness (QED) is 0.829. The van der Waals surface area contributed by atoms with E-state index in [4.69, 9.17) is 0 Å². The molecule has 0 bridgehead atoms. The summed E-state index contributed by atoms with van der Waals surface area (Å²) in [5.74, 6) is -0.541. The number of nitrogens with zero attached hydrogens (tertiary/aromatic N) is 2. The van der Waals surface area contributed by atoms with E-state index < -0.39 is 17.6 Å². The average Bonchev–Trinajstić information content (AvgIpc) is 2.42. The van der Waals surface area contributed by atoms with Crippen molar-refractivity contribution < 1.29 is 18.0 Å². The Bertz CT molecular complexity index is 689. The van der Waals surface area contributed by atoms with Crippen molar-refractivity contribution in [2.45, 2.75) is 13.1 Å². The number of hydrogen-bond donors (Lipinski definition) is 1. The Morgan fingerprint density at radius 2 is 2.00 bits per heavy atom. The number of carbonyl (C=O) groups is 1. The minimum Gasteiger partial charge on any atom is -0.305 e. The van der Waals surface area contributed by atoms with Crippen LogP contribution in [0.25, 0.3) is 0 Å². The van der Waals surface area contributed by atoms with Gasteiger partial charge in [0.2, 0.25) is 0 Å². The Kier molecular flexibility index (Phi) is 4.26. The molecular weight excluding hydrogens is 351 g/mol. The highest BCUT2D eigenvalue weighted by Crippen LogP contribution is 2.29. The minimum atomic E-state index is -4.52.